The number of aliphatic hydroxyl groups is 1. The molecule has 0 aromatic heterocycles. The van der Waals surface area contributed by atoms with E-state index in [0.717, 1.165) is 48.8 Å². The van der Waals surface area contributed by atoms with Gasteiger partial charge in [-0.2, -0.15) is 0 Å². The Hall–Kier alpha value is -2.96. The fraction of sp³-hybridized carbons (Fsp3) is 0.484. The Bertz CT molecular complexity index is 1040. The summed E-state index contributed by atoms with van der Waals surface area (Å²) >= 11 is 0. The lowest BCUT2D eigenvalue weighted by atomic mass is 9.87. The number of epoxide rings is 1. The van der Waals surface area contributed by atoms with Crippen molar-refractivity contribution < 1.29 is 28.9 Å². The maximum Gasteiger partial charge on any atom is 0.331 e. The second kappa shape index (κ2) is 12.1. The van der Waals surface area contributed by atoms with E-state index in [1.165, 1.54) is 0 Å². The Balaban J connectivity index is 1.25. The van der Waals surface area contributed by atoms with Gasteiger partial charge >= 0.3 is 11.9 Å². The van der Waals surface area contributed by atoms with Crippen molar-refractivity contribution in [2.75, 3.05) is 6.61 Å². The van der Waals surface area contributed by atoms with E-state index in [2.05, 4.69) is 13.8 Å². The zero-order valence-electron chi connectivity index (χ0n) is 22.0. The van der Waals surface area contributed by atoms with E-state index in [0.29, 0.717) is 5.92 Å². The number of aliphatic hydroxyl groups excluding tert-OH is 1. The Kier molecular flexibility index (Phi) is 8.83. The van der Waals surface area contributed by atoms with Crippen LogP contribution in [0, 0.1) is 11.8 Å². The number of hydrogen-bond donors (Lipinski definition) is 1. The van der Waals surface area contributed by atoms with E-state index in [-0.39, 0.29) is 42.3 Å². The molecule has 0 radical (unpaired) electrons. The van der Waals surface area contributed by atoms with Gasteiger partial charge < -0.3 is 19.3 Å². The molecule has 2 heterocycles. The normalized spacial score (nSPS) is 25.8. The Labute approximate surface area is 219 Å². The summed E-state index contributed by atoms with van der Waals surface area (Å²) in [7, 11) is 0. The van der Waals surface area contributed by atoms with E-state index in [1.54, 1.807) is 6.08 Å². The fourth-order valence-electron chi connectivity index (χ4n) is 5.44. The van der Waals surface area contributed by atoms with Crippen LogP contribution in [0.1, 0.15) is 70.1 Å². The van der Waals surface area contributed by atoms with Gasteiger partial charge in [0.15, 0.2) is 6.10 Å². The molecular formula is C31H38O6. The summed E-state index contributed by atoms with van der Waals surface area (Å²) in [6.45, 7) is 6.13. The van der Waals surface area contributed by atoms with Crippen molar-refractivity contribution in [3.63, 3.8) is 0 Å². The maximum absolute atomic E-state index is 12.9. The summed E-state index contributed by atoms with van der Waals surface area (Å²) in [6.07, 6.45) is 5.65. The SMILES string of the molecule is CC(=CC(=O)OC(c1ccccc1)c1ccccc1)C1OC1(C)CC(C)CCCCC1OC(=O)C1CO. The van der Waals surface area contributed by atoms with E-state index in [4.69, 9.17) is 14.2 Å². The zero-order valence-corrected chi connectivity index (χ0v) is 22.0. The van der Waals surface area contributed by atoms with Gasteiger partial charge in [-0.15, -0.1) is 0 Å². The summed E-state index contributed by atoms with van der Waals surface area (Å²) in [5.41, 5.74) is 2.46. The van der Waals surface area contributed by atoms with Gasteiger partial charge in [0, 0.05) is 6.08 Å². The third-order valence-corrected chi connectivity index (χ3v) is 7.49. The first-order valence-electron chi connectivity index (χ1n) is 13.3. The monoisotopic (exact) mass is 506 g/mol. The van der Waals surface area contributed by atoms with E-state index < -0.39 is 6.10 Å². The topological polar surface area (TPSA) is 85.4 Å². The van der Waals surface area contributed by atoms with Crippen LogP contribution < -0.4 is 0 Å². The molecule has 5 unspecified atom stereocenters. The third kappa shape index (κ3) is 6.88. The number of esters is 2. The molecule has 4 rings (SSSR count). The molecule has 0 bridgehead atoms. The summed E-state index contributed by atoms with van der Waals surface area (Å²) in [5, 5.41) is 9.23. The van der Waals surface area contributed by atoms with Crippen molar-refractivity contribution in [2.24, 2.45) is 11.8 Å². The molecule has 2 fully saturated rings. The van der Waals surface area contributed by atoms with Gasteiger partial charge in [0.2, 0.25) is 0 Å². The number of carbonyl (C=O) groups excluding carboxylic acids is 2. The molecule has 2 saturated heterocycles. The van der Waals surface area contributed by atoms with Crippen LogP contribution in [0.25, 0.3) is 0 Å². The number of ether oxygens (including phenoxy) is 3. The van der Waals surface area contributed by atoms with Crippen LogP contribution in [0.3, 0.4) is 0 Å². The molecule has 2 aromatic carbocycles. The van der Waals surface area contributed by atoms with Crippen LogP contribution in [-0.4, -0.2) is 41.5 Å². The second-order valence-corrected chi connectivity index (χ2v) is 10.7. The van der Waals surface area contributed by atoms with Gasteiger partial charge in [0.05, 0.1) is 12.2 Å². The molecule has 198 valence electrons. The molecule has 2 aliphatic rings. The highest BCUT2D eigenvalue weighted by atomic mass is 16.6. The fourth-order valence-corrected chi connectivity index (χ4v) is 5.44. The lowest BCUT2D eigenvalue weighted by molar-refractivity contribution is -0.189. The summed E-state index contributed by atoms with van der Waals surface area (Å²) in [5.74, 6) is -0.533. The molecule has 2 aromatic rings. The number of unbranched alkanes of at least 4 members (excludes halogenated alkanes) is 1. The van der Waals surface area contributed by atoms with E-state index in [9.17, 15) is 14.7 Å². The minimum absolute atomic E-state index is 0.0888. The van der Waals surface area contributed by atoms with Crippen molar-refractivity contribution in [3.05, 3.63) is 83.4 Å². The number of benzene rings is 2. The van der Waals surface area contributed by atoms with Gasteiger partial charge in [-0.1, -0.05) is 80.4 Å². The number of hydrogen-bond acceptors (Lipinski definition) is 6. The highest BCUT2D eigenvalue weighted by molar-refractivity contribution is 5.83. The molecule has 1 N–H and O–H groups in total. The average molecular weight is 507 g/mol. The largest absolute Gasteiger partial charge is 0.461 e. The average Bonchev–Trinajstić information content (AvgIpc) is 3.56. The standard InChI is InChI=1S/C31H38O6/c1-21(12-10-11-17-26-25(20-32)30(34)35-26)19-31(3)29(37-31)22(2)18-27(33)36-28(23-13-6-4-7-14-23)24-15-8-5-9-16-24/h4-9,13-16,18,21,25-26,28-29,32H,10-12,17,19-20H2,1-3H3. The molecule has 6 heteroatoms. The van der Waals surface area contributed by atoms with Crippen molar-refractivity contribution in [3.8, 4) is 0 Å². The van der Waals surface area contributed by atoms with Gasteiger partial charge in [-0.25, -0.2) is 4.79 Å². The minimum Gasteiger partial charge on any atom is -0.461 e. The van der Waals surface area contributed by atoms with Crippen LogP contribution >= 0.6 is 0 Å². The molecule has 2 aliphatic heterocycles. The second-order valence-electron chi connectivity index (χ2n) is 10.7. The van der Waals surface area contributed by atoms with Crippen molar-refractivity contribution >= 4 is 11.9 Å². The van der Waals surface area contributed by atoms with Crippen LogP contribution in [0.2, 0.25) is 0 Å². The smallest absolute Gasteiger partial charge is 0.331 e. The highest BCUT2D eigenvalue weighted by Crippen LogP contribution is 2.46. The predicted molar refractivity (Wildman–Crippen MR) is 141 cm³/mol. The van der Waals surface area contributed by atoms with Crippen molar-refractivity contribution in [1.82, 2.24) is 0 Å². The zero-order chi connectivity index (χ0) is 26.4. The quantitative estimate of drug-likeness (QED) is 0.166. The van der Waals surface area contributed by atoms with Gasteiger partial charge in [-0.05, 0) is 55.7 Å². The Morgan fingerprint density at radius 2 is 1.70 bits per heavy atom. The van der Waals surface area contributed by atoms with Crippen molar-refractivity contribution in [2.45, 2.75) is 76.8 Å². The molecule has 0 saturated carbocycles. The first kappa shape index (κ1) is 27.1. The highest BCUT2D eigenvalue weighted by Gasteiger charge is 2.53. The number of rotatable bonds is 13. The van der Waals surface area contributed by atoms with E-state index >= 15 is 0 Å². The molecule has 6 nitrogen and oxygen atoms in total. The third-order valence-electron chi connectivity index (χ3n) is 7.49. The van der Waals surface area contributed by atoms with Crippen LogP contribution in [0.15, 0.2) is 72.3 Å². The van der Waals surface area contributed by atoms with E-state index in [1.807, 2.05) is 67.6 Å². The van der Waals surface area contributed by atoms with Crippen LogP contribution in [0.4, 0.5) is 0 Å². The van der Waals surface area contributed by atoms with Gasteiger partial charge in [0.1, 0.15) is 18.1 Å². The number of carbonyl (C=O) groups is 2. The van der Waals surface area contributed by atoms with Gasteiger partial charge in [0.25, 0.3) is 0 Å². The van der Waals surface area contributed by atoms with Crippen LogP contribution in [-0.2, 0) is 23.8 Å². The molecule has 0 aliphatic carbocycles. The molecule has 0 spiro atoms. The first-order valence-corrected chi connectivity index (χ1v) is 13.3. The summed E-state index contributed by atoms with van der Waals surface area (Å²) in [4.78, 5) is 24.2. The summed E-state index contributed by atoms with van der Waals surface area (Å²) in [6, 6.07) is 19.5. The summed E-state index contributed by atoms with van der Waals surface area (Å²) < 4.78 is 17.1. The van der Waals surface area contributed by atoms with Crippen LogP contribution in [0.5, 0.6) is 0 Å². The van der Waals surface area contributed by atoms with Gasteiger partial charge in [-0.3, -0.25) is 4.79 Å². The minimum atomic E-state index is -0.471. The molecule has 37 heavy (non-hydrogen) atoms. The Morgan fingerprint density at radius 3 is 2.27 bits per heavy atom. The Morgan fingerprint density at radius 1 is 1.08 bits per heavy atom. The lowest BCUT2D eigenvalue weighted by Gasteiger charge is -2.33. The van der Waals surface area contributed by atoms with Crippen molar-refractivity contribution in [1.29, 1.82) is 0 Å². The predicted octanol–water partition coefficient (Wildman–Crippen LogP) is 5.54. The molecule has 0 amide bonds. The molecular weight excluding hydrogens is 468 g/mol. The maximum atomic E-state index is 12.9. The molecule has 5 atom stereocenters. The first-order chi connectivity index (χ1) is 17.8. The number of cyclic esters (lactones) is 1. The lowest BCUT2D eigenvalue weighted by Crippen LogP contribution is -2.47.